The first-order valence-corrected chi connectivity index (χ1v) is 5.34. The molecule has 1 rings (SSSR count). The molecule has 0 spiro atoms. The standard InChI is InChI=1S/C10H12Se/c1-3-9(2)11-10-7-5-4-6-8-10/h4-8H,2-3H2,1H3/i2D2. The zero-order chi connectivity index (χ0) is 9.68. The van der Waals surface area contributed by atoms with Crippen molar-refractivity contribution in [2.75, 3.05) is 0 Å². The normalized spacial score (nSPS) is 11.7. The third-order valence-electron chi connectivity index (χ3n) is 1.31. The monoisotopic (exact) mass is 214 g/mol. The van der Waals surface area contributed by atoms with Crippen LogP contribution in [0.25, 0.3) is 0 Å². The summed E-state index contributed by atoms with van der Waals surface area (Å²) in [5, 5.41) is 0. The van der Waals surface area contributed by atoms with E-state index in [1.807, 2.05) is 25.1 Å². The molecule has 0 aliphatic rings. The van der Waals surface area contributed by atoms with Crippen molar-refractivity contribution in [3.05, 3.63) is 41.3 Å². The van der Waals surface area contributed by atoms with Gasteiger partial charge in [0.05, 0.1) is 0 Å². The second-order valence-electron chi connectivity index (χ2n) is 2.19. The van der Waals surface area contributed by atoms with Crippen molar-refractivity contribution < 1.29 is 2.74 Å². The number of rotatable bonds is 3. The fourth-order valence-electron chi connectivity index (χ4n) is 0.703. The molecule has 0 fully saturated rings. The van der Waals surface area contributed by atoms with Gasteiger partial charge in [-0.25, -0.2) is 0 Å². The van der Waals surface area contributed by atoms with Crippen LogP contribution in [0.4, 0.5) is 0 Å². The van der Waals surface area contributed by atoms with Gasteiger partial charge in [-0.1, -0.05) is 0 Å². The van der Waals surface area contributed by atoms with Gasteiger partial charge < -0.3 is 0 Å². The number of benzene rings is 1. The van der Waals surface area contributed by atoms with Crippen molar-refractivity contribution in [2.24, 2.45) is 0 Å². The summed E-state index contributed by atoms with van der Waals surface area (Å²) in [5.74, 6) is 0. The summed E-state index contributed by atoms with van der Waals surface area (Å²) in [4.78, 5) is 0. The summed E-state index contributed by atoms with van der Waals surface area (Å²) >= 11 is 0.162. The van der Waals surface area contributed by atoms with Crippen molar-refractivity contribution in [2.45, 2.75) is 13.3 Å². The summed E-state index contributed by atoms with van der Waals surface area (Å²) in [5.41, 5.74) is 0. The molecule has 0 saturated heterocycles. The van der Waals surface area contributed by atoms with E-state index in [9.17, 15) is 0 Å². The van der Waals surface area contributed by atoms with Crippen LogP contribution in [0.2, 0.25) is 0 Å². The molecular weight excluding hydrogens is 199 g/mol. The number of hydrogen-bond donors (Lipinski definition) is 0. The van der Waals surface area contributed by atoms with Gasteiger partial charge >= 0.3 is 76.8 Å². The van der Waals surface area contributed by atoms with Gasteiger partial charge in [0.15, 0.2) is 0 Å². The molecule has 0 unspecified atom stereocenters. The van der Waals surface area contributed by atoms with E-state index in [1.165, 1.54) is 4.46 Å². The van der Waals surface area contributed by atoms with E-state index >= 15 is 0 Å². The second-order valence-corrected chi connectivity index (χ2v) is 4.64. The molecule has 58 valence electrons. The molecule has 0 aliphatic heterocycles. The fourth-order valence-corrected chi connectivity index (χ4v) is 2.22. The first kappa shape index (κ1) is 6.05. The van der Waals surface area contributed by atoms with Crippen LogP contribution in [0.15, 0.2) is 41.3 Å². The van der Waals surface area contributed by atoms with Gasteiger partial charge in [0.1, 0.15) is 0 Å². The summed E-state index contributed by atoms with van der Waals surface area (Å²) in [6.07, 6.45) is 0.817. The molecule has 0 N–H and O–H groups in total. The zero-order valence-corrected chi connectivity index (χ0v) is 8.22. The number of allylic oxidation sites excluding steroid dienone is 1. The Morgan fingerprint density at radius 2 is 2.27 bits per heavy atom. The molecule has 0 atom stereocenters. The van der Waals surface area contributed by atoms with Crippen molar-refractivity contribution in [1.29, 1.82) is 0 Å². The summed E-state index contributed by atoms with van der Waals surface area (Å²) in [6, 6.07) is 10.1. The Labute approximate surface area is 77.3 Å². The Kier molecular flexibility index (Phi) is 2.41. The molecule has 1 heteroatoms. The maximum absolute atomic E-state index is 7.25. The van der Waals surface area contributed by atoms with E-state index in [1.54, 1.807) is 0 Å². The van der Waals surface area contributed by atoms with Crippen LogP contribution in [0.3, 0.4) is 0 Å². The van der Waals surface area contributed by atoms with Crippen LogP contribution < -0.4 is 4.46 Å². The Hall–Kier alpha value is -0.521. The molecule has 0 heterocycles. The third-order valence-corrected chi connectivity index (χ3v) is 3.49. The van der Waals surface area contributed by atoms with Crippen LogP contribution in [0, 0.1) is 0 Å². The van der Waals surface area contributed by atoms with Crippen LogP contribution in [0.5, 0.6) is 0 Å². The Bertz CT molecular complexity index is 289. The summed E-state index contributed by atoms with van der Waals surface area (Å²) in [6.45, 7) is 2.00. The maximum atomic E-state index is 7.25. The minimum absolute atomic E-state index is 0.00801. The molecule has 0 aliphatic carbocycles. The first-order chi connectivity index (χ1) is 6.24. The van der Waals surface area contributed by atoms with Crippen molar-refractivity contribution in [1.82, 2.24) is 0 Å². The molecule has 11 heavy (non-hydrogen) atoms. The van der Waals surface area contributed by atoms with Gasteiger partial charge in [-0.15, -0.1) is 0 Å². The predicted molar refractivity (Wildman–Crippen MR) is 51.3 cm³/mol. The van der Waals surface area contributed by atoms with Gasteiger partial charge in [-0.2, -0.15) is 0 Å². The minimum atomic E-state index is -0.00801. The summed E-state index contributed by atoms with van der Waals surface area (Å²) < 4.78 is 16.7. The van der Waals surface area contributed by atoms with Gasteiger partial charge in [-0.05, 0) is 0 Å². The average molecular weight is 213 g/mol. The quantitative estimate of drug-likeness (QED) is 0.673. The topological polar surface area (TPSA) is 0 Å². The van der Waals surface area contributed by atoms with Gasteiger partial charge in [0.2, 0.25) is 0 Å². The van der Waals surface area contributed by atoms with Crippen LogP contribution in [0.1, 0.15) is 16.1 Å². The van der Waals surface area contributed by atoms with Crippen LogP contribution >= 0.6 is 0 Å². The number of hydrogen-bond acceptors (Lipinski definition) is 0. The molecule has 0 aromatic heterocycles. The molecule has 0 radical (unpaired) electrons. The van der Waals surface area contributed by atoms with Crippen molar-refractivity contribution in [3.63, 3.8) is 0 Å². The van der Waals surface area contributed by atoms with Gasteiger partial charge in [0.25, 0.3) is 0 Å². The van der Waals surface area contributed by atoms with Crippen molar-refractivity contribution in [3.8, 4) is 0 Å². The van der Waals surface area contributed by atoms with E-state index in [4.69, 9.17) is 2.74 Å². The predicted octanol–water partition coefficient (Wildman–Crippen LogP) is 1.94. The zero-order valence-electron chi connectivity index (χ0n) is 8.50. The van der Waals surface area contributed by atoms with Gasteiger partial charge in [-0.3, -0.25) is 0 Å². The Morgan fingerprint density at radius 1 is 1.55 bits per heavy atom. The third kappa shape index (κ3) is 2.92. The first-order valence-electron chi connectivity index (χ1n) is 4.63. The van der Waals surface area contributed by atoms with E-state index in [0.717, 1.165) is 10.9 Å². The van der Waals surface area contributed by atoms with E-state index in [2.05, 4.69) is 12.1 Å². The Balaban J connectivity index is 2.74. The van der Waals surface area contributed by atoms with Crippen molar-refractivity contribution >= 4 is 19.4 Å². The fraction of sp³-hybridized carbons (Fsp3) is 0.200. The van der Waals surface area contributed by atoms with Crippen LogP contribution in [-0.2, 0) is 0 Å². The molecule has 1 aromatic rings. The average Bonchev–Trinajstić information content (AvgIpc) is 2.15. The van der Waals surface area contributed by atoms with E-state index < -0.39 is 0 Å². The molecule has 1 aromatic carbocycles. The second kappa shape index (κ2) is 4.38. The molecule has 0 saturated carbocycles. The molecule has 0 nitrogen and oxygen atoms in total. The van der Waals surface area contributed by atoms with Crippen LogP contribution in [-0.4, -0.2) is 15.0 Å². The van der Waals surface area contributed by atoms with E-state index in [0.29, 0.717) is 0 Å². The molecule has 0 bridgehead atoms. The van der Waals surface area contributed by atoms with E-state index in [-0.39, 0.29) is 21.5 Å². The molecular formula is C10H12Se. The molecule has 0 amide bonds. The SMILES string of the molecule is [2H]C([2H])=C(CC)[Se]c1ccccc1. The Morgan fingerprint density at radius 3 is 2.82 bits per heavy atom. The summed E-state index contributed by atoms with van der Waals surface area (Å²) in [7, 11) is 0. The van der Waals surface area contributed by atoms with Gasteiger partial charge in [0, 0.05) is 0 Å².